The van der Waals surface area contributed by atoms with Crippen molar-refractivity contribution in [3.05, 3.63) is 29.0 Å². The van der Waals surface area contributed by atoms with E-state index in [1.165, 1.54) is 0 Å². The van der Waals surface area contributed by atoms with Crippen LogP contribution in [0.1, 0.15) is 18.4 Å². The summed E-state index contributed by atoms with van der Waals surface area (Å²) in [6.07, 6.45) is 4.02. The van der Waals surface area contributed by atoms with Crippen LogP contribution < -0.4 is 0 Å². The van der Waals surface area contributed by atoms with Gasteiger partial charge in [-0.15, -0.1) is 0 Å². The molecule has 100 valence electrons. The molecule has 0 aromatic carbocycles. The van der Waals surface area contributed by atoms with Crippen molar-refractivity contribution in [1.29, 1.82) is 0 Å². The third-order valence-corrected chi connectivity index (χ3v) is 3.55. The van der Waals surface area contributed by atoms with Crippen LogP contribution in [0.2, 0.25) is 5.15 Å². The van der Waals surface area contributed by atoms with E-state index in [9.17, 15) is 0 Å². The number of rotatable bonds is 5. The maximum Gasteiger partial charge on any atom is 0.133 e. The molecule has 1 aromatic heterocycles. The van der Waals surface area contributed by atoms with Gasteiger partial charge in [0.25, 0.3) is 0 Å². The monoisotopic (exact) mass is 270 g/mol. The maximum atomic E-state index is 8.72. The number of likely N-dealkylation sites (tertiary alicyclic amines) is 1. The summed E-state index contributed by atoms with van der Waals surface area (Å²) >= 11 is 6.05. The fraction of sp³-hybridized carbons (Fsp3) is 0.615. The quantitative estimate of drug-likeness (QED) is 0.828. The van der Waals surface area contributed by atoms with Crippen LogP contribution in [0.25, 0.3) is 0 Å². The molecule has 1 aliphatic rings. The molecule has 1 aliphatic heterocycles. The molecular weight excluding hydrogens is 252 g/mol. The molecule has 1 aromatic rings. The molecule has 4 nitrogen and oxygen atoms in total. The van der Waals surface area contributed by atoms with Crippen molar-refractivity contribution < 1.29 is 9.84 Å². The lowest BCUT2D eigenvalue weighted by Crippen LogP contribution is -2.37. The summed E-state index contributed by atoms with van der Waals surface area (Å²) in [7, 11) is 0. The van der Waals surface area contributed by atoms with E-state index in [1.54, 1.807) is 6.20 Å². The normalized spacial score (nSPS) is 18.1. The van der Waals surface area contributed by atoms with E-state index in [4.69, 9.17) is 21.4 Å². The van der Waals surface area contributed by atoms with Gasteiger partial charge in [0, 0.05) is 31.4 Å². The fourth-order valence-electron chi connectivity index (χ4n) is 2.23. The second kappa shape index (κ2) is 7.04. The number of hydrogen-bond acceptors (Lipinski definition) is 4. The first-order valence-electron chi connectivity index (χ1n) is 6.34. The van der Waals surface area contributed by atoms with Crippen LogP contribution in [0.5, 0.6) is 0 Å². The van der Waals surface area contributed by atoms with Gasteiger partial charge >= 0.3 is 0 Å². The molecule has 5 heteroatoms. The van der Waals surface area contributed by atoms with Crippen molar-refractivity contribution in [2.24, 2.45) is 0 Å². The summed E-state index contributed by atoms with van der Waals surface area (Å²) in [5.41, 5.74) is 1.08. The van der Waals surface area contributed by atoms with Crippen LogP contribution in [0, 0.1) is 0 Å². The minimum Gasteiger partial charge on any atom is -0.394 e. The van der Waals surface area contributed by atoms with E-state index in [0.717, 1.165) is 38.0 Å². The Morgan fingerprint density at radius 2 is 2.22 bits per heavy atom. The number of aliphatic hydroxyl groups is 1. The third-order valence-electron chi connectivity index (χ3n) is 3.21. The predicted molar refractivity (Wildman–Crippen MR) is 70.6 cm³/mol. The number of ether oxygens (including phenoxy) is 1. The van der Waals surface area contributed by atoms with Crippen LogP contribution in [-0.4, -0.2) is 47.4 Å². The van der Waals surface area contributed by atoms with Crippen molar-refractivity contribution in [2.75, 3.05) is 26.3 Å². The van der Waals surface area contributed by atoms with Crippen molar-refractivity contribution in [1.82, 2.24) is 9.88 Å². The number of nitrogens with zero attached hydrogens (tertiary/aromatic N) is 2. The highest BCUT2D eigenvalue weighted by atomic mass is 35.5. The minimum absolute atomic E-state index is 0.103. The molecule has 0 bridgehead atoms. The van der Waals surface area contributed by atoms with Crippen LogP contribution in [-0.2, 0) is 11.3 Å². The Morgan fingerprint density at radius 3 is 2.89 bits per heavy atom. The summed E-state index contributed by atoms with van der Waals surface area (Å²) in [6, 6.07) is 3.93. The van der Waals surface area contributed by atoms with Gasteiger partial charge in [-0.2, -0.15) is 0 Å². The average Bonchev–Trinajstić information content (AvgIpc) is 2.41. The van der Waals surface area contributed by atoms with E-state index in [1.807, 2.05) is 12.1 Å². The zero-order valence-corrected chi connectivity index (χ0v) is 11.1. The molecule has 0 radical (unpaired) electrons. The van der Waals surface area contributed by atoms with E-state index < -0.39 is 0 Å². The van der Waals surface area contributed by atoms with E-state index in [2.05, 4.69) is 9.88 Å². The standard InChI is InChI=1S/C13H19ClN2O2/c14-13-11(2-1-5-15-13)10-16-6-3-12(4-7-16)18-9-8-17/h1-2,5,12,17H,3-4,6-10H2. The second-order valence-electron chi connectivity index (χ2n) is 4.52. The van der Waals surface area contributed by atoms with Crippen LogP contribution in [0.4, 0.5) is 0 Å². The molecule has 0 amide bonds. The number of pyridine rings is 1. The van der Waals surface area contributed by atoms with Gasteiger partial charge in [-0.3, -0.25) is 4.90 Å². The molecule has 0 saturated carbocycles. The van der Waals surface area contributed by atoms with Gasteiger partial charge < -0.3 is 9.84 Å². The van der Waals surface area contributed by atoms with Crippen molar-refractivity contribution in [2.45, 2.75) is 25.5 Å². The highest BCUT2D eigenvalue weighted by Gasteiger charge is 2.20. The highest BCUT2D eigenvalue weighted by molar-refractivity contribution is 6.30. The summed E-state index contributed by atoms with van der Waals surface area (Å²) in [5, 5.41) is 9.31. The van der Waals surface area contributed by atoms with Crippen LogP contribution in [0.15, 0.2) is 18.3 Å². The van der Waals surface area contributed by atoms with Gasteiger partial charge in [-0.1, -0.05) is 17.7 Å². The molecule has 18 heavy (non-hydrogen) atoms. The molecule has 0 atom stereocenters. The molecule has 2 heterocycles. The Labute approximate surface area is 113 Å². The Balaban J connectivity index is 1.78. The maximum absolute atomic E-state index is 8.72. The second-order valence-corrected chi connectivity index (χ2v) is 4.88. The largest absolute Gasteiger partial charge is 0.394 e. The summed E-state index contributed by atoms with van der Waals surface area (Å²) in [6.45, 7) is 3.40. The number of hydrogen-bond donors (Lipinski definition) is 1. The molecule has 1 fully saturated rings. The van der Waals surface area contributed by atoms with Gasteiger partial charge in [-0.25, -0.2) is 4.98 Å². The molecule has 1 saturated heterocycles. The lowest BCUT2D eigenvalue weighted by atomic mass is 10.1. The third kappa shape index (κ3) is 3.92. The Morgan fingerprint density at radius 1 is 1.44 bits per heavy atom. The van der Waals surface area contributed by atoms with E-state index in [0.29, 0.717) is 11.8 Å². The number of aliphatic hydroxyl groups excluding tert-OH is 1. The van der Waals surface area contributed by atoms with E-state index in [-0.39, 0.29) is 12.7 Å². The van der Waals surface area contributed by atoms with Gasteiger partial charge in [0.05, 0.1) is 19.3 Å². The number of halogens is 1. The summed E-state index contributed by atoms with van der Waals surface area (Å²) in [5.74, 6) is 0. The summed E-state index contributed by atoms with van der Waals surface area (Å²) in [4.78, 5) is 6.45. The zero-order valence-electron chi connectivity index (χ0n) is 10.4. The minimum atomic E-state index is 0.103. The summed E-state index contributed by atoms with van der Waals surface area (Å²) < 4.78 is 5.54. The Hall–Kier alpha value is -0.680. The molecule has 1 N–H and O–H groups in total. The Bertz CT molecular complexity index is 368. The molecule has 0 unspecified atom stereocenters. The van der Waals surface area contributed by atoms with E-state index >= 15 is 0 Å². The Kier molecular flexibility index (Phi) is 5.38. The highest BCUT2D eigenvalue weighted by Crippen LogP contribution is 2.19. The number of piperidine rings is 1. The predicted octanol–water partition coefficient (Wildman–Crippen LogP) is 1.71. The fourth-order valence-corrected chi connectivity index (χ4v) is 2.41. The first-order chi connectivity index (χ1) is 8.79. The SMILES string of the molecule is OCCOC1CCN(Cc2cccnc2Cl)CC1. The van der Waals surface area contributed by atoms with Crippen LogP contribution in [0.3, 0.4) is 0 Å². The van der Waals surface area contributed by atoms with Gasteiger partial charge in [0.15, 0.2) is 0 Å². The zero-order chi connectivity index (χ0) is 12.8. The smallest absolute Gasteiger partial charge is 0.133 e. The first kappa shape index (κ1) is 13.7. The first-order valence-corrected chi connectivity index (χ1v) is 6.71. The molecule has 2 rings (SSSR count). The van der Waals surface area contributed by atoms with Crippen LogP contribution >= 0.6 is 11.6 Å². The molecular formula is C13H19ClN2O2. The topological polar surface area (TPSA) is 45.6 Å². The lowest BCUT2D eigenvalue weighted by molar-refractivity contribution is -0.00902. The van der Waals surface area contributed by atoms with Gasteiger partial charge in [0.1, 0.15) is 5.15 Å². The van der Waals surface area contributed by atoms with Crippen molar-refractivity contribution >= 4 is 11.6 Å². The van der Waals surface area contributed by atoms with Gasteiger partial charge in [0.2, 0.25) is 0 Å². The lowest BCUT2D eigenvalue weighted by Gasteiger charge is -2.31. The van der Waals surface area contributed by atoms with Crippen molar-refractivity contribution in [3.63, 3.8) is 0 Å². The van der Waals surface area contributed by atoms with Crippen molar-refractivity contribution in [3.8, 4) is 0 Å². The van der Waals surface area contributed by atoms with Gasteiger partial charge in [-0.05, 0) is 18.9 Å². The number of aromatic nitrogens is 1. The molecule has 0 aliphatic carbocycles. The average molecular weight is 271 g/mol. The molecule has 0 spiro atoms.